The number of rotatable bonds is 10. The van der Waals surface area contributed by atoms with Crippen molar-refractivity contribution in [1.82, 2.24) is 15.1 Å². The molecule has 0 aliphatic carbocycles. The molecule has 0 saturated carbocycles. The molecule has 1 unspecified atom stereocenters. The summed E-state index contributed by atoms with van der Waals surface area (Å²) in [5, 5.41) is 7.69. The lowest BCUT2D eigenvalue weighted by molar-refractivity contribution is 0.0961. The van der Waals surface area contributed by atoms with Crippen LogP contribution in [-0.2, 0) is 16.0 Å². The highest BCUT2D eigenvalue weighted by atomic mass is 16.5. The minimum Gasteiger partial charge on any atom is -0.385 e. The Morgan fingerprint density at radius 3 is 2.94 bits per heavy atom. The van der Waals surface area contributed by atoms with Crippen LogP contribution in [0.2, 0.25) is 0 Å². The van der Waals surface area contributed by atoms with E-state index in [0.29, 0.717) is 12.6 Å². The van der Waals surface area contributed by atoms with Gasteiger partial charge in [0.2, 0.25) is 0 Å². The van der Waals surface area contributed by atoms with Crippen LogP contribution in [0.4, 0.5) is 0 Å². The van der Waals surface area contributed by atoms with Gasteiger partial charge in [-0.2, -0.15) is 5.10 Å². The summed E-state index contributed by atoms with van der Waals surface area (Å²) in [6.45, 7) is 8.21. The first-order valence-corrected chi connectivity index (χ1v) is 6.60. The van der Waals surface area contributed by atoms with Gasteiger partial charge in [0.1, 0.15) is 0 Å². The van der Waals surface area contributed by atoms with Crippen molar-refractivity contribution in [3.8, 4) is 0 Å². The maximum absolute atomic E-state index is 5.50. The Hall–Kier alpha value is -0.910. The molecule has 1 N–H and O–H groups in total. The number of nitrogens with one attached hydrogen (secondary N) is 1. The molecule has 5 nitrogen and oxygen atoms in total. The Morgan fingerprint density at radius 1 is 1.39 bits per heavy atom. The van der Waals surface area contributed by atoms with Crippen LogP contribution in [0.25, 0.3) is 0 Å². The van der Waals surface area contributed by atoms with Crippen LogP contribution in [0.3, 0.4) is 0 Å². The number of nitrogens with zero attached hydrogens (tertiary/aromatic N) is 2. The fourth-order valence-corrected chi connectivity index (χ4v) is 1.71. The van der Waals surface area contributed by atoms with E-state index in [9.17, 15) is 0 Å². The van der Waals surface area contributed by atoms with Gasteiger partial charge in [-0.1, -0.05) is 6.92 Å². The fraction of sp³-hybridized carbons (Fsp3) is 0.769. The molecule has 5 heteroatoms. The molecule has 0 aliphatic rings. The second-order valence-corrected chi connectivity index (χ2v) is 4.27. The highest BCUT2D eigenvalue weighted by Crippen LogP contribution is 2.10. The molecule has 1 aromatic rings. The van der Waals surface area contributed by atoms with Crippen LogP contribution >= 0.6 is 0 Å². The number of hydrogen-bond donors (Lipinski definition) is 1. The molecule has 0 fully saturated rings. The Labute approximate surface area is 109 Å². The molecular formula is C13H25N3O2. The van der Waals surface area contributed by atoms with Crippen molar-refractivity contribution in [2.24, 2.45) is 0 Å². The summed E-state index contributed by atoms with van der Waals surface area (Å²) in [4.78, 5) is 0. The summed E-state index contributed by atoms with van der Waals surface area (Å²) >= 11 is 0. The lowest BCUT2D eigenvalue weighted by Gasteiger charge is -2.09. The van der Waals surface area contributed by atoms with Gasteiger partial charge in [-0.15, -0.1) is 0 Å². The predicted molar refractivity (Wildman–Crippen MR) is 71.6 cm³/mol. The quantitative estimate of drug-likeness (QED) is 0.645. The van der Waals surface area contributed by atoms with Crippen molar-refractivity contribution in [2.45, 2.75) is 32.9 Å². The van der Waals surface area contributed by atoms with Gasteiger partial charge in [0, 0.05) is 38.1 Å². The average molecular weight is 255 g/mol. The molecule has 0 amide bonds. The van der Waals surface area contributed by atoms with Gasteiger partial charge in [-0.3, -0.25) is 4.68 Å². The maximum atomic E-state index is 5.50. The Balaban J connectivity index is 2.19. The molecule has 0 saturated heterocycles. The van der Waals surface area contributed by atoms with Crippen LogP contribution in [0.15, 0.2) is 12.4 Å². The topological polar surface area (TPSA) is 48.3 Å². The van der Waals surface area contributed by atoms with E-state index in [4.69, 9.17) is 9.47 Å². The van der Waals surface area contributed by atoms with E-state index >= 15 is 0 Å². The van der Waals surface area contributed by atoms with Crippen LogP contribution in [0.5, 0.6) is 0 Å². The Bertz CT molecular complexity index is 315. The molecule has 1 heterocycles. The SMILES string of the molecule is CCNC(C)c1cnn(CCOCCCOC)c1. The zero-order chi connectivity index (χ0) is 13.2. The zero-order valence-electron chi connectivity index (χ0n) is 11.7. The Kier molecular flexibility index (Phi) is 7.64. The van der Waals surface area contributed by atoms with Gasteiger partial charge in [0.15, 0.2) is 0 Å². The van der Waals surface area contributed by atoms with E-state index in [1.807, 2.05) is 10.9 Å². The minimum absolute atomic E-state index is 0.353. The number of aromatic nitrogens is 2. The highest BCUT2D eigenvalue weighted by molar-refractivity contribution is 5.08. The van der Waals surface area contributed by atoms with E-state index in [1.165, 1.54) is 5.56 Å². The molecular weight excluding hydrogens is 230 g/mol. The second-order valence-electron chi connectivity index (χ2n) is 4.27. The van der Waals surface area contributed by atoms with Crippen molar-refractivity contribution in [3.05, 3.63) is 18.0 Å². The third-order valence-corrected chi connectivity index (χ3v) is 2.77. The van der Waals surface area contributed by atoms with E-state index in [2.05, 4.69) is 30.5 Å². The molecule has 0 aliphatic heterocycles. The highest BCUT2D eigenvalue weighted by Gasteiger charge is 2.06. The zero-order valence-corrected chi connectivity index (χ0v) is 11.7. The summed E-state index contributed by atoms with van der Waals surface area (Å²) in [7, 11) is 1.71. The molecule has 1 aromatic heterocycles. The van der Waals surface area contributed by atoms with E-state index in [-0.39, 0.29) is 0 Å². The van der Waals surface area contributed by atoms with Crippen molar-refractivity contribution in [1.29, 1.82) is 0 Å². The van der Waals surface area contributed by atoms with E-state index < -0.39 is 0 Å². The molecule has 18 heavy (non-hydrogen) atoms. The second kappa shape index (κ2) is 9.08. The molecule has 1 atom stereocenters. The van der Waals surface area contributed by atoms with Crippen molar-refractivity contribution in [3.63, 3.8) is 0 Å². The molecule has 0 bridgehead atoms. The van der Waals surface area contributed by atoms with E-state index in [0.717, 1.165) is 32.7 Å². The third-order valence-electron chi connectivity index (χ3n) is 2.77. The third kappa shape index (κ3) is 5.62. The lowest BCUT2D eigenvalue weighted by atomic mass is 10.2. The summed E-state index contributed by atoms with van der Waals surface area (Å²) in [6.07, 6.45) is 4.93. The van der Waals surface area contributed by atoms with E-state index in [1.54, 1.807) is 7.11 Å². The average Bonchev–Trinajstić information content (AvgIpc) is 2.83. The first kappa shape index (κ1) is 15.1. The van der Waals surface area contributed by atoms with Gasteiger partial charge in [-0.25, -0.2) is 0 Å². The summed E-state index contributed by atoms with van der Waals surface area (Å²) in [6, 6.07) is 0.353. The first-order valence-electron chi connectivity index (χ1n) is 6.60. The van der Waals surface area contributed by atoms with Crippen LogP contribution < -0.4 is 5.32 Å². The van der Waals surface area contributed by atoms with Gasteiger partial charge in [0.25, 0.3) is 0 Å². The first-order chi connectivity index (χ1) is 8.77. The van der Waals surface area contributed by atoms with Crippen molar-refractivity contribution >= 4 is 0 Å². The minimum atomic E-state index is 0.353. The van der Waals surface area contributed by atoms with Crippen molar-refractivity contribution < 1.29 is 9.47 Å². The molecule has 1 rings (SSSR count). The van der Waals surface area contributed by atoms with Crippen LogP contribution in [-0.4, -0.2) is 43.3 Å². The van der Waals surface area contributed by atoms with Crippen LogP contribution in [0.1, 0.15) is 31.9 Å². The maximum Gasteiger partial charge on any atom is 0.0662 e. The molecule has 104 valence electrons. The van der Waals surface area contributed by atoms with Gasteiger partial charge in [-0.05, 0) is 19.9 Å². The van der Waals surface area contributed by atoms with Gasteiger partial charge < -0.3 is 14.8 Å². The van der Waals surface area contributed by atoms with Gasteiger partial charge in [0.05, 0.1) is 19.3 Å². The van der Waals surface area contributed by atoms with Crippen LogP contribution in [0, 0.1) is 0 Å². The fourth-order valence-electron chi connectivity index (χ4n) is 1.71. The molecule has 0 radical (unpaired) electrons. The molecule has 0 spiro atoms. The Morgan fingerprint density at radius 2 is 2.22 bits per heavy atom. The number of hydrogen-bond acceptors (Lipinski definition) is 4. The summed E-state index contributed by atoms with van der Waals surface area (Å²) in [5.74, 6) is 0. The largest absolute Gasteiger partial charge is 0.385 e. The number of methoxy groups -OCH3 is 1. The van der Waals surface area contributed by atoms with Crippen molar-refractivity contribution in [2.75, 3.05) is 33.5 Å². The number of ether oxygens (including phenoxy) is 2. The van der Waals surface area contributed by atoms with Gasteiger partial charge >= 0.3 is 0 Å². The monoisotopic (exact) mass is 255 g/mol. The smallest absolute Gasteiger partial charge is 0.0662 e. The summed E-state index contributed by atoms with van der Waals surface area (Å²) in [5.41, 5.74) is 1.22. The molecule has 0 aromatic carbocycles. The predicted octanol–water partition coefficient (Wildman–Crippen LogP) is 1.61. The normalized spacial score (nSPS) is 12.8. The summed E-state index contributed by atoms with van der Waals surface area (Å²) < 4.78 is 12.4. The lowest BCUT2D eigenvalue weighted by Crippen LogP contribution is -2.17. The standard InChI is InChI=1S/C13H25N3O2/c1-4-14-12(2)13-10-15-16(11-13)6-9-18-8-5-7-17-3/h10-12,14H,4-9H2,1-3H3.